The van der Waals surface area contributed by atoms with Crippen LogP contribution in [0.1, 0.15) is 56.6 Å². The Balaban J connectivity index is 1.69. The van der Waals surface area contributed by atoms with Gasteiger partial charge in [-0.15, -0.1) is 11.8 Å². The van der Waals surface area contributed by atoms with Crippen LogP contribution >= 0.6 is 11.8 Å². The van der Waals surface area contributed by atoms with E-state index in [0.717, 1.165) is 50.1 Å². The van der Waals surface area contributed by atoms with E-state index >= 15 is 0 Å². The number of carbonyl (C=O) groups is 2. The summed E-state index contributed by atoms with van der Waals surface area (Å²) in [5.41, 5.74) is 1.75. The maximum atomic E-state index is 12.5. The molecule has 5 nitrogen and oxygen atoms in total. The van der Waals surface area contributed by atoms with Crippen molar-refractivity contribution in [1.82, 2.24) is 10.2 Å². The molecule has 1 saturated heterocycles. The van der Waals surface area contributed by atoms with Crippen LogP contribution in [-0.2, 0) is 15.3 Å². The second-order valence-corrected chi connectivity index (χ2v) is 8.32. The number of nitrogens with one attached hydrogen (secondary N) is 1. The predicted molar refractivity (Wildman–Crippen MR) is 114 cm³/mol. The highest BCUT2D eigenvalue weighted by atomic mass is 32.2. The van der Waals surface area contributed by atoms with E-state index in [1.807, 2.05) is 17.0 Å². The Morgan fingerprint density at radius 3 is 2.75 bits per heavy atom. The molecule has 1 aromatic carbocycles. The summed E-state index contributed by atoms with van der Waals surface area (Å²) in [5, 5.41) is 11.9. The van der Waals surface area contributed by atoms with Gasteiger partial charge in [-0.05, 0) is 37.0 Å². The van der Waals surface area contributed by atoms with Gasteiger partial charge < -0.3 is 10.2 Å². The summed E-state index contributed by atoms with van der Waals surface area (Å²) in [6.07, 6.45) is 6.34. The van der Waals surface area contributed by atoms with Crippen LogP contribution in [0.5, 0.6) is 0 Å². The van der Waals surface area contributed by atoms with Gasteiger partial charge in [-0.1, -0.05) is 38.3 Å². The number of carbonyl (C=O) groups excluding carboxylic acids is 2. The normalized spacial score (nSPS) is 16.4. The molecule has 28 heavy (non-hydrogen) atoms. The van der Waals surface area contributed by atoms with Gasteiger partial charge in [0.05, 0.1) is 23.3 Å². The lowest BCUT2D eigenvalue weighted by molar-refractivity contribution is -0.133. The molecule has 0 saturated carbocycles. The lowest BCUT2D eigenvalue weighted by Crippen LogP contribution is -2.46. The number of piperidine rings is 1. The number of rotatable bonds is 10. The minimum Gasteiger partial charge on any atom is -0.356 e. The van der Waals surface area contributed by atoms with E-state index in [1.165, 1.54) is 12.8 Å². The second-order valence-electron chi connectivity index (χ2n) is 7.33. The zero-order chi connectivity index (χ0) is 20.2. The Labute approximate surface area is 172 Å². The fraction of sp³-hybridized carbons (Fsp3) is 0.591. The number of amides is 2. The van der Waals surface area contributed by atoms with Gasteiger partial charge in [0.25, 0.3) is 0 Å². The first-order chi connectivity index (χ1) is 13.6. The number of benzene rings is 1. The van der Waals surface area contributed by atoms with Crippen molar-refractivity contribution in [2.45, 2.75) is 51.2 Å². The van der Waals surface area contributed by atoms with Crippen LogP contribution in [0.4, 0.5) is 0 Å². The molecule has 1 N–H and O–H groups in total. The average Bonchev–Trinajstić information content (AvgIpc) is 2.74. The van der Waals surface area contributed by atoms with Crippen molar-refractivity contribution in [2.75, 3.05) is 25.4 Å². The van der Waals surface area contributed by atoms with Crippen molar-refractivity contribution in [3.8, 4) is 6.07 Å². The quantitative estimate of drug-likeness (QED) is 0.606. The summed E-state index contributed by atoms with van der Waals surface area (Å²) in [6.45, 7) is 4.20. The zero-order valence-corrected chi connectivity index (χ0v) is 17.6. The van der Waals surface area contributed by atoms with Gasteiger partial charge in [-0.2, -0.15) is 5.26 Å². The molecule has 0 spiro atoms. The molecule has 2 amide bonds. The molecular formula is C22H31N3O2S. The Kier molecular flexibility index (Phi) is 9.92. The molecule has 0 bridgehead atoms. The number of thioether (sulfide) groups is 1. The van der Waals surface area contributed by atoms with Crippen molar-refractivity contribution >= 4 is 23.6 Å². The van der Waals surface area contributed by atoms with Crippen LogP contribution in [0.15, 0.2) is 24.3 Å². The van der Waals surface area contributed by atoms with Gasteiger partial charge in [0.2, 0.25) is 11.8 Å². The molecule has 1 unspecified atom stereocenters. The third-order valence-corrected chi connectivity index (χ3v) is 6.04. The number of hydrogen-bond donors (Lipinski definition) is 1. The lowest BCUT2D eigenvalue weighted by atomic mass is 9.97. The number of nitriles is 1. The summed E-state index contributed by atoms with van der Waals surface area (Å²) < 4.78 is 0. The standard InChI is InChI=1S/C22H31N3O2S/c1-2-3-4-5-12-24-22(27)20-7-6-13-25(15-20)21(26)17-28-16-19-10-8-18(14-23)9-11-19/h8-11,20H,2-7,12-13,15-17H2,1H3,(H,24,27). The Hall–Kier alpha value is -2.00. The number of hydrogen-bond acceptors (Lipinski definition) is 4. The van der Waals surface area contributed by atoms with Gasteiger partial charge >= 0.3 is 0 Å². The Morgan fingerprint density at radius 2 is 2.04 bits per heavy atom. The molecular weight excluding hydrogens is 370 g/mol. The second kappa shape index (κ2) is 12.5. The monoisotopic (exact) mass is 401 g/mol. The summed E-state index contributed by atoms with van der Waals surface area (Å²) in [5.74, 6) is 1.30. The summed E-state index contributed by atoms with van der Waals surface area (Å²) in [7, 11) is 0. The maximum Gasteiger partial charge on any atom is 0.232 e. The highest BCUT2D eigenvalue weighted by Crippen LogP contribution is 2.19. The first-order valence-corrected chi connectivity index (χ1v) is 11.4. The third kappa shape index (κ3) is 7.55. The van der Waals surface area contributed by atoms with E-state index in [1.54, 1.807) is 23.9 Å². The number of nitrogens with zero attached hydrogens (tertiary/aromatic N) is 2. The first-order valence-electron chi connectivity index (χ1n) is 10.3. The minimum atomic E-state index is -0.0765. The molecule has 0 aliphatic carbocycles. The van der Waals surface area contributed by atoms with Crippen LogP contribution in [-0.4, -0.2) is 42.1 Å². The van der Waals surface area contributed by atoms with E-state index in [0.29, 0.717) is 17.9 Å². The molecule has 2 rings (SSSR count). The number of likely N-dealkylation sites (tertiary alicyclic amines) is 1. The molecule has 1 aliphatic heterocycles. The SMILES string of the molecule is CCCCCCNC(=O)C1CCCN(C(=O)CSCc2ccc(C#N)cc2)C1. The van der Waals surface area contributed by atoms with Crippen molar-refractivity contribution in [2.24, 2.45) is 5.92 Å². The van der Waals surface area contributed by atoms with Gasteiger partial charge in [-0.3, -0.25) is 9.59 Å². The predicted octanol–water partition coefficient (Wildman–Crippen LogP) is 3.73. The summed E-state index contributed by atoms with van der Waals surface area (Å²) in [6, 6.07) is 9.56. The lowest BCUT2D eigenvalue weighted by Gasteiger charge is -2.32. The van der Waals surface area contributed by atoms with Crippen molar-refractivity contribution in [3.63, 3.8) is 0 Å². The number of unbranched alkanes of at least 4 members (excludes halogenated alkanes) is 3. The Morgan fingerprint density at radius 1 is 1.25 bits per heavy atom. The molecule has 152 valence electrons. The van der Waals surface area contributed by atoms with Gasteiger partial charge in [0.1, 0.15) is 0 Å². The van der Waals surface area contributed by atoms with Gasteiger partial charge in [0, 0.05) is 25.4 Å². The van der Waals surface area contributed by atoms with E-state index in [2.05, 4.69) is 18.3 Å². The fourth-order valence-corrected chi connectivity index (χ4v) is 4.24. The molecule has 6 heteroatoms. The van der Waals surface area contributed by atoms with Crippen LogP contribution in [0.3, 0.4) is 0 Å². The van der Waals surface area contributed by atoms with Crippen LogP contribution < -0.4 is 5.32 Å². The zero-order valence-electron chi connectivity index (χ0n) is 16.8. The van der Waals surface area contributed by atoms with E-state index in [-0.39, 0.29) is 17.7 Å². The summed E-state index contributed by atoms with van der Waals surface area (Å²) >= 11 is 1.58. The third-order valence-electron chi connectivity index (χ3n) is 5.05. The maximum absolute atomic E-state index is 12.5. The van der Waals surface area contributed by atoms with Crippen LogP contribution in [0, 0.1) is 17.2 Å². The van der Waals surface area contributed by atoms with Crippen LogP contribution in [0.25, 0.3) is 0 Å². The molecule has 0 radical (unpaired) electrons. The molecule has 1 aliphatic rings. The topological polar surface area (TPSA) is 73.2 Å². The van der Waals surface area contributed by atoms with Gasteiger partial charge in [-0.25, -0.2) is 0 Å². The average molecular weight is 402 g/mol. The highest BCUT2D eigenvalue weighted by Gasteiger charge is 2.27. The smallest absolute Gasteiger partial charge is 0.232 e. The Bertz CT molecular complexity index is 669. The van der Waals surface area contributed by atoms with E-state index in [4.69, 9.17) is 5.26 Å². The molecule has 1 fully saturated rings. The van der Waals surface area contributed by atoms with Crippen molar-refractivity contribution in [3.05, 3.63) is 35.4 Å². The largest absolute Gasteiger partial charge is 0.356 e. The van der Waals surface area contributed by atoms with Crippen molar-refractivity contribution in [1.29, 1.82) is 5.26 Å². The molecule has 1 heterocycles. The van der Waals surface area contributed by atoms with Crippen molar-refractivity contribution < 1.29 is 9.59 Å². The first kappa shape index (κ1) is 22.3. The van der Waals surface area contributed by atoms with Gasteiger partial charge in [0.15, 0.2) is 0 Å². The van der Waals surface area contributed by atoms with E-state index in [9.17, 15) is 9.59 Å². The molecule has 1 atom stereocenters. The molecule has 0 aromatic heterocycles. The van der Waals surface area contributed by atoms with E-state index < -0.39 is 0 Å². The fourth-order valence-electron chi connectivity index (χ4n) is 3.35. The highest BCUT2D eigenvalue weighted by molar-refractivity contribution is 7.99. The summed E-state index contributed by atoms with van der Waals surface area (Å²) in [4.78, 5) is 26.7. The minimum absolute atomic E-state index is 0.0765. The van der Waals surface area contributed by atoms with Crippen LogP contribution in [0.2, 0.25) is 0 Å². The molecule has 1 aromatic rings.